The van der Waals surface area contributed by atoms with Crippen LogP contribution in [0.1, 0.15) is 37.2 Å². The average Bonchev–Trinajstić information content (AvgIpc) is 2.80. The first-order chi connectivity index (χ1) is 8.36. The molecule has 1 heterocycles. The molecule has 0 saturated heterocycles. The van der Waals surface area contributed by atoms with E-state index in [1.807, 2.05) is 13.8 Å². The summed E-state index contributed by atoms with van der Waals surface area (Å²) in [4.78, 5) is 14.5. The summed E-state index contributed by atoms with van der Waals surface area (Å²) in [6.07, 6.45) is 1.35. The number of sulfonamides is 1. The van der Waals surface area contributed by atoms with Gasteiger partial charge >= 0.3 is 5.97 Å². The molecule has 0 aromatic carbocycles. The van der Waals surface area contributed by atoms with Crippen LogP contribution in [0.15, 0.2) is 9.72 Å². The fraction of sp³-hybridized carbons (Fsp3) is 0.600. The number of carbonyl (C=O) groups is 1. The van der Waals surface area contributed by atoms with Gasteiger partial charge in [-0.15, -0.1) is 11.3 Å². The molecule has 0 atom stereocenters. The first-order valence-corrected chi connectivity index (χ1v) is 7.83. The highest BCUT2D eigenvalue weighted by atomic mass is 32.2. The monoisotopic (exact) mass is 292 g/mol. The van der Waals surface area contributed by atoms with Gasteiger partial charge in [-0.25, -0.2) is 18.2 Å². The lowest BCUT2D eigenvalue weighted by molar-refractivity contribution is 0.0687. The number of carboxylic acid groups (broad SMARTS) is 1. The number of nitrogens with zero attached hydrogens (tertiary/aromatic N) is 2. The minimum atomic E-state index is -3.79. The minimum Gasteiger partial charge on any atom is -0.476 e. The molecule has 1 N–H and O–H groups in total. The van der Waals surface area contributed by atoms with Gasteiger partial charge in [0.15, 0.2) is 9.90 Å². The summed E-state index contributed by atoms with van der Waals surface area (Å²) in [5.41, 5.74) is 0.828. The number of hydrogen-bond acceptors (Lipinski definition) is 5. The van der Waals surface area contributed by atoms with Crippen LogP contribution in [0, 0.1) is 0 Å². The van der Waals surface area contributed by atoms with Gasteiger partial charge in [-0.3, -0.25) is 0 Å². The second kappa shape index (κ2) is 5.77. The number of hydrogen-bond donors (Lipinski definition) is 1. The van der Waals surface area contributed by atoms with Crippen LogP contribution >= 0.6 is 11.3 Å². The van der Waals surface area contributed by atoms with Crippen molar-refractivity contribution in [1.82, 2.24) is 9.29 Å². The van der Waals surface area contributed by atoms with Crippen molar-refractivity contribution >= 4 is 27.3 Å². The zero-order valence-corrected chi connectivity index (χ0v) is 12.1. The maximum Gasteiger partial charge on any atom is 0.356 e. The van der Waals surface area contributed by atoms with Gasteiger partial charge in [0.1, 0.15) is 0 Å². The molecule has 6 nitrogen and oxygen atoms in total. The lowest BCUT2D eigenvalue weighted by Gasteiger charge is -2.24. The molecule has 0 fully saturated rings. The summed E-state index contributed by atoms with van der Waals surface area (Å²) in [5.74, 6) is -1.33. The number of thiazole rings is 1. The maximum atomic E-state index is 12.3. The Hall–Kier alpha value is -0.990. The van der Waals surface area contributed by atoms with Crippen LogP contribution in [0.4, 0.5) is 0 Å². The molecule has 1 aromatic rings. The van der Waals surface area contributed by atoms with Gasteiger partial charge in [-0.05, 0) is 12.8 Å². The van der Waals surface area contributed by atoms with Gasteiger partial charge in [0.2, 0.25) is 0 Å². The summed E-state index contributed by atoms with van der Waals surface area (Å²) in [5, 5.41) is 8.91. The van der Waals surface area contributed by atoms with Crippen molar-refractivity contribution in [2.24, 2.45) is 0 Å². The normalized spacial score (nSPS) is 12.3. The maximum absolute atomic E-state index is 12.3. The molecule has 1 aromatic heterocycles. The number of aromatic nitrogens is 1. The van der Waals surface area contributed by atoms with Gasteiger partial charge in [-0.2, -0.15) is 4.31 Å². The van der Waals surface area contributed by atoms with Crippen molar-refractivity contribution in [3.05, 3.63) is 11.2 Å². The average molecular weight is 292 g/mol. The van der Waals surface area contributed by atoms with Gasteiger partial charge in [0, 0.05) is 13.1 Å². The van der Waals surface area contributed by atoms with Gasteiger partial charge < -0.3 is 5.11 Å². The van der Waals surface area contributed by atoms with Crippen molar-refractivity contribution in [1.29, 1.82) is 0 Å². The highest BCUT2D eigenvalue weighted by Crippen LogP contribution is 2.25. The summed E-state index contributed by atoms with van der Waals surface area (Å²) in [6, 6.07) is -0.140. The van der Waals surface area contributed by atoms with E-state index in [9.17, 15) is 13.2 Å². The smallest absolute Gasteiger partial charge is 0.356 e. The predicted molar refractivity (Wildman–Crippen MR) is 68.4 cm³/mol. The van der Waals surface area contributed by atoms with E-state index in [2.05, 4.69) is 4.98 Å². The third-order valence-corrected chi connectivity index (χ3v) is 6.06. The van der Waals surface area contributed by atoms with E-state index in [0.717, 1.165) is 11.3 Å². The summed E-state index contributed by atoms with van der Waals surface area (Å²) in [7, 11) is -2.32. The molecule has 0 radical (unpaired) electrons. The number of aromatic carboxylic acids is 1. The standard InChI is InChI=1S/C10H16N2O4S2/c1-4-7(5-2)12(3)18(15,16)10-8(9(13)14)11-6-17-10/h6-7H,4-5H2,1-3H3,(H,13,14). The Morgan fingerprint density at radius 1 is 1.50 bits per heavy atom. The van der Waals surface area contributed by atoms with E-state index in [-0.39, 0.29) is 10.3 Å². The van der Waals surface area contributed by atoms with Crippen molar-refractivity contribution in [3.63, 3.8) is 0 Å². The molecule has 0 spiro atoms. The highest BCUT2D eigenvalue weighted by molar-refractivity contribution is 7.91. The molecule has 1 rings (SSSR count). The van der Waals surface area contributed by atoms with Gasteiger partial charge in [0.25, 0.3) is 10.0 Å². The molecule has 102 valence electrons. The van der Waals surface area contributed by atoms with Crippen LogP contribution in [-0.4, -0.2) is 41.9 Å². The Morgan fingerprint density at radius 3 is 2.50 bits per heavy atom. The van der Waals surface area contributed by atoms with Crippen LogP contribution in [0.2, 0.25) is 0 Å². The second-order valence-corrected chi connectivity index (χ2v) is 6.83. The van der Waals surface area contributed by atoms with Crippen molar-refractivity contribution < 1.29 is 18.3 Å². The van der Waals surface area contributed by atoms with Gasteiger partial charge in [0.05, 0.1) is 5.51 Å². The molecular formula is C10H16N2O4S2. The van der Waals surface area contributed by atoms with Crippen LogP contribution < -0.4 is 0 Å². The summed E-state index contributed by atoms with van der Waals surface area (Å²) in [6.45, 7) is 3.79. The molecule has 18 heavy (non-hydrogen) atoms. The van der Waals surface area contributed by atoms with E-state index in [0.29, 0.717) is 12.8 Å². The van der Waals surface area contributed by atoms with Crippen molar-refractivity contribution in [2.75, 3.05) is 7.05 Å². The molecular weight excluding hydrogens is 276 g/mol. The minimum absolute atomic E-state index is 0.140. The number of rotatable bonds is 6. The SMILES string of the molecule is CCC(CC)N(C)S(=O)(=O)c1scnc1C(=O)O. The van der Waals surface area contributed by atoms with E-state index in [1.54, 1.807) is 0 Å². The van der Waals surface area contributed by atoms with Crippen LogP contribution in [-0.2, 0) is 10.0 Å². The zero-order chi connectivity index (χ0) is 13.9. The van der Waals surface area contributed by atoms with E-state index in [1.165, 1.54) is 16.9 Å². The Balaban J connectivity index is 3.21. The highest BCUT2D eigenvalue weighted by Gasteiger charge is 2.32. The third kappa shape index (κ3) is 2.70. The molecule has 0 unspecified atom stereocenters. The molecule has 0 bridgehead atoms. The second-order valence-electron chi connectivity index (χ2n) is 3.79. The van der Waals surface area contributed by atoms with E-state index >= 15 is 0 Å². The van der Waals surface area contributed by atoms with E-state index in [4.69, 9.17) is 5.11 Å². The lowest BCUT2D eigenvalue weighted by Crippen LogP contribution is -2.36. The summed E-state index contributed by atoms with van der Waals surface area (Å²) >= 11 is 0.830. The summed E-state index contributed by atoms with van der Waals surface area (Å²) < 4.78 is 25.6. The largest absolute Gasteiger partial charge is 0.476 e. The Kier molecular flexibility index (Phi) is 4.83. The third-order valence-electron chi connectivity index (χ3n) is 2.81. The Bertz CT molecular complexity index is 520. The quantitative estimate of drug-likeness (QED) is 0.861. The van der Waals surface area contributed by atoms with Crippen molar-refractivity contribution in [2.45, 2.75) is 36.9 Å². The van der Waals surface area contributed by atoms with Crippen molar-refractivity contribution in [3.8, 4) is 0 Å². The van der Waals surface area contributed by atoms with Crippen LogP contribution in [0.3, 0.4) is 0 Å². The molecule has 8 heteroatoms. The Labute approximate surface area is 110 Å². The van der Waals surface area contributed by atoms with Crippen LogP contribution in [0.25, 0.3) is 0 Å². The predicted octanol–water partition coefficient (Wildman–Crippen LogP) is 1.65. The fourth-order valence-corrected chi connectivity index (χ4v) is 4.50. The molecule has 0 saturated carbocycles. The first-order valence-electron chi connectivity index (χ1n) is 5.51. The topological polar surface area (TPSA) is 87.6 Å². The molecule has 0 aliphatic rings. The van der Waals surface area contributed by atoms with Gasteiger partial charge in [-0.1, -0.05) is 13.8 Å². The zero-order valence-electron chi connectivity index (χ0n) is 10.5. The number of carboxylic acids is 1. The molecule has 0 aliphatic heterocycles. The van der Waals surface area contributed by atoms with E-state index < -0.39 is 21.7 Å². The molecule has 0 amide bonds. The fourth-order valence-electron chi connectivity index (χ4n) is 1.69. The molecule has 0 aliphatic carbocycles. The Morgan fingerprint density at radius 2 is 2.06 bits per heavy atom. The van der Waals surface area contributed by atoms with Crippen LogP contribution in [0.5, 0.6) is 0 Å². The first kappa shape index (κ1) is 15.1. The lowest BCUT2D eigenvalue weighted by atomic mass is 10.2.